The van der Waals surface area contributed by atoms with Crippen LogP contribution in [0, 0.1) is 13.8 Å². The van der Waals surface area contributed by atoms with Crippen LogP contribution in [0.15, 0.2) is 53.8 Å². The summed E-state index contributed by atoms with van der Waals surface area (Å²) in [6, 6.07) is 12.8. The molecular weight excluding hydrogens is 371 g/mol. The molecule has 0 saturated heterocycles. The molecule has 2 heterocycles. The molecule has 132 valence electrons. The number of carbonyl (C=O) groups is 1. The molecule has 0 fully saturated rings. The van der Waals surface area contributed by atoms with Crippen LogP contribution in [-0.4, -0.2) is 21.7 Å². The third-order valence-corrected chi connectivity index (χ3v) is 4.48. The van der Waals surface area contributed by atoms with Gasteiger partial charge in [-0.3, -0.25) is 4.79 Å². The average Bonchev–Trinajstić information content (AvgIpc) is 2.90. The summed E-state index contributed by atoms with van der Waals surface area (Å²) in [6.45, 7) is 4.00. The Labute approximate surface area is 161 Å². The van der Waals surface area contributed by atoms with Crippen molar-refractivity contribution in [3.8, 4) is 5.69 Å². The molecule has 1 amide bonds. The summed E-state index contributed by atoms with van der Waals surface area (Å²) in [5.74, 6) is -0.411. The molecule has 3 rings (SSSR count). The normalized spacial score (nSPS) is 11.1. The Hall–Kier alpha value is -2.63. The first-order chi connectivity index (χ1) is 12.5. The number of nitrogens with zero attached hydrogens (tertiary/aromatic N) is 3. The number of hydrazone groups is 1. The standard InChI is InChI=1S/C19H16Cl2N4O/c1-12-10-14(13(2)25(12)16-7-5-15(20)6-8-16)11-23-24-19(26)17-4-3-9-22-18(17)21/h3-11H,1-2H3,(H,24,26). The van der Waals surface area contributed by atoms with Gasteiger partial charge in [-0.25, -0.2) is 10.4 Å². The van der Waals surface area contributed by atoms with E-state index in [2.05, 4.69) is 20.1 Å². The van der Waals surface area contributed by atoms with Gasteiger partial charge in [-0.2, -0.15) is 5.10 Å². The molecule has 0 unspecified atom stereocenters. The number of pyridine rings is 1. The number of nitrogens with one attached hydrogen (secondary N) is 1. The second-order valence-corrected chi connectivity index (χ2v) is 6.47. The van der Waals surface area contributed by atoms with Crippen molar-refractivity contribution in [1.82, 2.24) is 15.0 Å². The van der Waals surface area contributed by atoms with E-state index in [0.29, 0.717) is 5.02 Å². The van der Waals surface area contributed by atoms with E-state index in [0.717, 1.165) is 22.6 Å². The van der Waals surface area contributed by atoms with Gasteiger partial charge in [0.15, 0.2) is 0 Å². The van der Waals surface area contributed by atoms with E-state index in [1.165, 1.54) is 6.20 Å². The molecule has 0 saturated carbocycles. The van der Waals surface area contributed by atoms with E-state index in [4.69, 9.17) is 23.2 Å². The summed E-state index contributed by atoms with van der Waals surface area (Å²) in [6.07, 6.45) is 3.13. The number of amides is 1. The zero-order valence-electron chi connectivity index (χ0n) is 14.2. The number of hydrogen-bond donors (Lipinski definition) is 1. The largest absolute Gasteiger partial charge is 0.318 e. The van der Waals surface area contributed by atoms with Gasteiger partial charge in [0.25, 0.3) is 5.91 Å². The highest BCUT2D eigenvalue weighted by atomic mass is 35.5. The molecule has 0 radical (unpaired) electrons. The van der Waals surface area contributed by atoms with E-state index in [1.807, 2.05) is 44.2 Å². The van der Waals surface area contributed by atoms with Crippen LogP contribution in [0.3, 0.4) is 0 Å². The summed E-state index contributed by atoms with van der Waals surface area (Å²) in [5.41, 5.74) is 6.71. The van der Waals surface area contributed by atoms with Crippen molar-refractivity contribution in [2.45, 2.75) is 13.8 Å². The second-order valence-electron chi connectivity index (χ2n) is 5.68. The summed E-state index contributed by atoms with van der Waals surface area (Å²) in [7, 11) is 0. The molecular formula is C19H16Cl2N4O. The van der Waals surface area contributed by atoms with Crippen molar-refractivity contribution in [1.29, 1.82) is 0 Å². The highest BCUT2D eigenvalue weighted by Crippen LogP contribution is 2.21. The average molecular weight is 387 g/mol. The zero-order chi connectivity index (χ0) is 18.7. The molecule has 3 aromatic rings. The molecule has 1 N–H and O–H groups in total. The van der Waals surface area contributed by atoms with Gasteiger partial charge >= 0.3 is 0 Å². The number of rotatable bonds is 4. The monoisotopic (exact) mass is 386 g/mol. The van der Waals surface area contributed by atoms with E-state index < -0.39 is 5.91 Å². The summed E-state index contributed by atoms with van der Waals surface area (Å²) < 4.78 is 2.09. The SMILES string of the molecule is Cc1cc(C=NNC(=O)c2cccnc2Cl)c(C)n1-c1ccc(Cl)cc1. The number of hydrogen-bond acceptors (Lipinski definition) is 3. The van der Waals surface area contributed by atoms with Crippen molar-refractivity contribution in [2.24, 2.45) is 5.10 Å². The minimum atomic E-state index is -0.411. The quantitative estimate of drug-likeness (QED) is 0.405. The number of halogens is 2. The van der Waals surface area contributed by atoms with Crippen LogP contribution in [0.5, 0.6) is 0 Å². The highest BCUT2D eigenvalue weighted by Gasteiger charge is 2.11. The van der Waals surface area contributed by atoms with Gasteiger partial charge in [-0.15, -0.1) is 0 Å². The number of aryl methyl sites for hydroxylation is 1. The summed E-state index contributed by atoms with van der Waals surface area (Å²) in [5, 5.41) is 4.87. The lowest BCUT2D eigenvalue weighted by Gasteiger charge is -2.09. The molecule has 0 spiro atoms. The molecule has 0 bridgehead atoms. The molecule has 0 atom stereocenters. The van der Waals surface area contributed by atoms with E-state index >= 15 is 0 Å². The molecule has 0 aliphatic heterocycles. The predicted octanol–water partition coefficient (Wildman–Crippen LogP) is 4.56. The van der Waals surface area contributed by atoms with Gasteiger partial charge in [0.2, 0.25) is 0 Å². The van der Waals surface area contributed by atoms with Crippen LogP contribution >= 0.6 is 23.2 Å². The molecule has 0 aliphatic rings. The zero-order valence-corrected chi connectivity index (χ0v) is 15.7. The fourth-order valence-electron chi connectivity index (χ4n) is 2.68. The van der Waals surface area contributed by atoms with Crippen LogP contribution in [0.2, 0.25) is 10.2 Å². The minimum absolute atomic E-state index is 0.140. The molecule has 0 aliphatic carbocycles. The Balaban J connectivity index is 1.79. The minimum Gasteiger partial charge on any atom is -0.318 e. The smallest absolute Gasteiger partial charge is 0.274 e. The van der Waals surface area contributed by atoms with Crippen LogP contribution in [-0.2, 0) is 0 Å². The number of benzene rings is 1. The van der Waals surface area contributed by atoms with Gasteiger partial charge in [-0.05, 0) is 56.3 Å². The van der Waals surface area contributed by atoms with Gasteiger partial charge in [0, 0.05) is 33.9 Å². The predicted molar refractivity (Wildman–Crippen MR) is 105 cm³/mol. The van der Waals surface area contributed by atoms with Gasteiger partial charge in [-0.1, -0.05) is 23.2 Å². The summed E-state index contributed by atoms with van der Waals surface area (Å²) >= 11 is 11.9. The fraction of sp³-hybridized carbons (Fsp3) is 0.105. The van der Waals surface area contributed by atoms with Gasteiger partial charge in [0.05, 0.1) is 11.8 Å². The summed E-state index contributed by atoms with van der Waals surface area (Å²) in [4.78, 5) is 16.0. The van der Waals surface area contributed by atoms with E-state index in [-0.39, 0.29) is 10.7 Å². The van der Waals surface area contributed by atoms with Crippen LogP contribution in [0.25, 0.3) is 5.69 Å². The lowest BCUT2D eigenvalue weighted by Crippen LogP contribution is -2.18. The van der Waals surface area contributed by atoms with Crippen LogP contribution in [0.1, 0.15) is 27.3 Å². The topological polar surface area (TPSA) is 59.3 Å². The van der Waals surface area contributed by atoms with Crippen molar-refractivity contribution >= 4 is 35.3 Å². The molecule has 5 nitrogen and oxygen atoms in total. The maximum absolute atomic E-state index is 12.1. The highest BCUT2D eigenvalue weighted by molar-refractivity contribution is 6.32. The first-order valence-electron chi connectivity index (χ1n) is 7.86. The number of aromatic nitrogens is 2. The Bertz CT molecular complexity index is 978. The fourth-order valence-corrected chi connectivity index (χ4v) is 3.01. The maximum Gasteiger partial charge on any atom is 0.274 e. The maximum atomic E-state index is 12.1. The molecule has 1 aromatic carbocycles. The first kappa shape index (κ1) is 18.2. The lowest BCUT2D eigenvalue weighted by molar-refractivity contribution is 0.0955. The second kappa shape index (κ2) is 7.72. The first-order valence-corrected chi connectivity index (χ1v) is 8.62. The molecule has 7 heteroatoms. The Morgan fingerprint density at radius 1 is 1.19 bits per heavy atom. The van der Waals surface area contributed by atoms with E-state index in [9.17, 15) is 4.79 Å². The Kier molecular flexibility index (Phi) is 5.40. The molecule has 2 aromatic heterocycles. The van der Waals surface area contributed by atoms with Crippen molar-refractivity contribution in [2.75, 3.05) is 0 Å². The van der Waals surface area contributed by atoms with Crippen molar-refractivity contribution in [3.05, 3.63) is 81.4 Å². The Morgan fingerprint density at radius 2 is 1.92 bits per heavy atom. The van der Waals surface area contributed by atoms with Gasteiger partial charge < -0.3 is 4.57 Å². The Morgan fingerprint density at radius 3 is 2.62 bits per heavy atom. The van der Waals surface area contributed by atoms with E-state index in [1.54, 1.807) is 18.3 Å². The van der Waals surface area contributed by atoms with Crippen LogP contribution in [0.4, 0.5) is 0 Å². The van der Waals surface area contributed by atoms with Crippen molar-refractivity contribution in [3.63, 3.8) is 0 Å². The lowest BCUT2D eigenvalue weighted by atomic mass is 10.2. The van der Waals surface area contributed by atoms with Crippen molar-refractivity contribution < 1.29 is 4.79 Å². The third-order valence-electron chi connectivity index (χ3n) is 3.93. The third kappa shape index (κ3) is 3.79. The van der Waals surface area contributed by atoms with Crippen LogP contribution < -0.4 is 5.43 Å². The van der Waals surface area contributed by atoms with Gasteiger partial charge in [0.1, 0.15) is 5.15 Å². The molecule has 26 heavy (non-hydrogen) atoms. The number of carbonyl (C=O) groups excluding carboxylic acids is 1.